The largest absolute Gasteiger partial charge is 0.454 e. The second kappa shape index (κ2) is 6.05. The summed E-state index contributed by atoms with van der Waals surface area (Å²) in [5.74, 6) is 0.158. The Kier molecular flexibility index (Phi) is 4.19. The van der Waals surface area contributed by atoms with Crippen LogP contribution in [-0.4, -0.2) is 39.0 Å². The number of hydrogen-bond acceptors (Lipinski definition) is 6. The van der Waals surface area contributed by atoms with E-state index >= 15 is 0 Å². The zero-order chi connectivity index (χ0) is 13.7. The first-order chi connectivity index (χ1) is 9.19. The zero-order valence-electron chi connectivity index (χ0n) is 10.3. The molecular formula is C12H13NO6. The number of amides is 1. The first-order valence-electron chi connectivity index (χ1n) is 5.53. The van der Waals surface area contributed by atoms with Gasteiger partial charge in [0.2, 0.25) is 6.79 Å². The molecule has 0 bridgehead atoms. The molecule has 0 atom stereocenters. The van der Waals surface area contributed by atoms with Crippen molar-refractivity contribution in [1.29, 1.82) is 0 Å². The van der Waals surface area contributed by atoms with E-state index in [1.807, 2.05) is 0 Å². The van der Waals surface area contributed by atoms with Crippen LogP contribution in [0.4, 0.5) is 5.69 Å². The van der Waals surface area contributed by atoms with E-state index in [-0.39, 0.29) is 20.0 Å². The highest BCUT2D eigenvalue weighted by molar-refractivity contribution is 5.93. The number of carbonyl (C=O) groups excluding carboxylic acids is 2. The monoisotopic (exact) mass is 267 g/mol. The topological polar surface area (TPSA) is 83.1 Å². The second-order valence-electron chi connectivity index (χ2n) is 3.71. The van der Waals surface area contributed by atoms with Gasteiger partial charge in [0, 0.05) is 18.9 Å². The Labute approximate surface area is 109 Å². The number of rotatable bonds is 5. The average Bonchev–Trinajstić information content (AvgIpc) is 2.84. The Balaban J connectivity index is 1.84. The molecule has 1 aromatic rings. The third kappa shape index (κ3) is 3.59. The van der Waals surface area contributed by atoms with Crippen molar-refractivity contribution in [3.8, 4) is 11.5 Å². The number of esters is 1. The lowest BCUT2D eigenvalue weighted by molar-refractivity contribution is -0.150. The van der Waals surface area contributed by atoms with Crippen LogP contribution in [0.3, 0.4) is 0 Å². The van der Waals surface area contributed by atoms with Gasteiger partial charge >= 0.3 is 5.97 Å². The van der Waals surface area contributed by atoms with E-state index in [2.05, 4.69) is 14.8 Å². The summed E-state index contributed by atoms with van der Waals surface area (Å²) in [6, 6.07) is 4.99. The molecule has 0 fully saturated rings. The van der Waals surface area contributed by atoms with E-state index in [1.54, 1.807) is 18.2 Å². The minimum absolute atomic E-state index is 0.168. The van der Waals surface area contributed by atoms with Crippen LogP contribution in [0.1, 0.15) is 0 Å². The first kappa shape index (κ1) is 13.2. The molecule has 1 heterocycles. The first-order valence-corrected chi connectivity index (χ1v) is 5.53. The van der Waals surface area contributed by atoms with Crippen molar-refractivity contribution in [1.82, 2.24) is 0 Å². The van der Waals surface area contributed by atoms with Crippen LogP contribution in [0, 0.1) is 0 Å². The van der Waals surface area contributed by atoms with Gasteiger partial charge < -0.3 is 24.3 Å². The maximum Gasteiger partial charge on any atom is 0.332 e. The van der Waals surface area contributed by atoms with Crippen LogP contribution in [0.15, 0.2) is 18.2 Å². The lowest BCUT2D eigenvalue weighted by Crippen LogP contribution is -2.22. The standard InChI is InChI=1S/C12H13NO6/c1-16-6-12(15)17-5-11(14)13-8-2-3-9-10(4-8)19-7-18-9/h2-4H,5-7H2,1H3,(H,13,14). The molecule has 1 aliphatic heterocycles. The summed E-state index contributed by atoms with van der Waals surface area (Å²) >= 11 is 0. The van der Waals surface area contributed by atoms with Crippen molar-refractivity contribution in [2.24, 2.45) is 0 Å². The molecule has 7 nitrogen and oxygen atoms in total. The Hall–Kier alpha value is -2.28. The van der Waals surface area contributed by atoms with Crippen molar-refractivity contribution in [3.63, 3.8) is 0 Å². The fourth-order valence-electron chi connectivity index (χ4n) is 1.48. The van der Waals surface area contributed by atoms with Gasteiger partial charge in [-0.2, -0.15) is 0 Å². The number of carbonyl (C=O) groups is 2. The predicted octanol–water partition coefficient (Wildman–Crippen LogP) is 0.543. The smallest absolute Gasteiger partial charge is 0.332 e. The maximum atomic E-state index is 11.5. The van der Waals surface area contributed by atoms with E-state index < -0.39 is 11.9 Å². The fraction of sp³-hybridized carbons (Fsp3) is 0.333. The van der Waals surface area contributed by atoms with Gasteiger partial charge in [0.05, 0.1) is 0 Å². The van der Waals surface area contributed by atoms with Crippen LogP contribution in [0.25, 0.3) is 0 Å². The Morgan fingerprint density at radius 3 is 2.84 bits per heavy atom. The highest BCUT2D eigenvalue weighted by Crippen LogP contribution is 2.34. The Bertz CT molecular complexity index is 487. The van der Waals surface area contributed by atoms with Gasteiger partial charge in [-0.05, 0) is 12.1 Å². The van der Waals surface area contributed by atoms with Crippen LogP contribution >= 0.6 is 0 Å². The molecule has 0 saturated carbocycles. The van der Waals surface area contributed by atoms with Crippen LogP contribution in [0.2, 0.25) is 0 Å². The van der Waals surface area contributed by atoms with Gasteiger partial charge in [-0.25, -0.2) is 4.79 Å². The summed E-state index contributed by atoms with van der Waals surface area (Å²) in [6.45, 7) is -0.380. The third-order valence-electron chi connectivity index (χ3n) is 2.28. The van der Waals surface area contributed by atoms with Crippen molar-refractivity contribution < 1.29 is 28.5 Å². The van der Waals surface area contributed by atoms with Gasteiger partial charge in [-0.3, -0.25) is 4.79 Å². The quantitative estimate of drug-likeness (QED) is 0.784. The molecule has 0 saturated heterocycles. The van der Waals surface area contributed by atoms with Crippen molar-refractivity contribution in [2.75, 3.05) is 32.4 Å². The molecule has 1 aromatic carbocycles. The van der Waals surface area contributed by atoms with Gasteiger partial charge in [0.1, 0.15) is 6.61 Å². The molecule has 0 aliphatic carbocycles. The molecule has 0 aromatic heterocycles. The molecule has 1 amide bonds. The number of methoxy groups -OCH3 is 1. The number of fused-ring (bicyclic) bond motifs is 1. The summed E-state index contributed by atoms with van der Waals surface area (Å²) in [7, 11) is 1.37. The normalized spacial score (nSPS) is 12.1. The zero-order valence-corrected chi connectivity index (χ0v) is 10.3. The third-order valence-corrected chi connectivity index (χ3v) is 2.28. The van der Waals surface area contributed by atoms with Gasteiger partial charge in [0.15, 0.2) is 18.1 Å². The highest BCUT2D eigenvalue weighted by atomic mass is 16.7. The van der Waals surface area contributed by atoms with Gasteiger partial charge in [-0.1, -0.05) is 0 Å². The number of anilines is 1. The molecule has 0 unspecified atom stereocenters. The summed E-state index contributed by atoms with van der Waals surface area (Å²) in [5.41, 5.74) is 0.539. The molecule has 1 aliphatic rings. The average molecular weight is 267 g/mol. The Morgan fingerprint density at radius 2 is 2.05 bits per heavy atom. The van der Waals surface area contributed by atoms with Crippen molar-refractivity contribution in [3.05, 3.63) is 18.2 Å². The van der Waals surface area contributed by atoms with Gasteiger partial charge in [0.25, 0.3) is 5.91 Å². The molecule has 1 N–H and O–H groups in total. The SMILES string of the molecule is COCC(=O)OCC(=O)Nc1ccc2c(c1)OCO2. The van der Waals surface area contributed by atoms with Crippen molar-refractivity contribution >= 4 is 17.6 Å². The highest BCUT2D eigenvalue weighted by Gasteiger charge is 2.14. The number of benzene rings is 1. The minimum atomic E-state index is -0.594. The second-order valence-corrected chi connectivity index (χ2v) is 3.71. The molecular weight excluding hydrogens is 254 g/mol. The van der Waals surface area contributed by atoms with Gasteiger partial charge in [-0.15, -0.1) is 0 Å². The van der Waals surface area contributed by atoms with Crippen molar-refractivity contribution in [2.45, 2.75) is 0 Å². The minimum Gasteiger partial charge on any atom is -0.454 e. The number of nitrogens with one attached hydrogen (secondary N) is 1. The number of hydrogen-bond donors (Lipinski definition) is 1. The summed E-state index contributed by atoms with van der Waals surface area (Å²) < 4.78 is 19.6. The summed E-state index contributed by atoms with van der Waals surface area (Å²) in [6.07, 6.45) is 0. The molecule has 7 heteroatoms. The Morgan fingerprint density at radius 1 is 1.26 bits per heavy atom. The van der Waals surface area contributed by atoms with E-state index in [0.717, 1.165) is 0 Å². The maximum absolute atomic E-state index is 11.5. The predicted molar refractivity (Wildman–Crippen MR) is 64.0 cm³/mol. The summed E-state index contributed by atoms with van der Waals surface area (Å²) in [4.78, 5) is 22.5. The molecule has 0 radical (unpaired) electrons. The van der Waals surface area contributed by atoms with Crippen LogP contribution < -0.4 is 14.8 Å². The molecule has 102 valence electrons. The fourth-order valence-corrected chi connectivity index (χ4v) is 1.48. The van der Waals surface area contributed by atoms with E-state index in [1.165, 1.54) is 7.11 Å². The molecule has 19 heavy (non-hydrogen) atoms. The van der Waals surface area contributed by atoms with E-state index in [0.29, 0.717) is 17.2 Å². The van der Waals surface area contributed by atoms with Crippen LogP contribution in [-0.2, 0) is 19.1 Å². The van der Waals surface area contributed by atoms with E-state index in [9.17, 15) is 9.59 Å². The summed E-state index contributed by atoms with van der Waals surface area (Å²) in [5, 5.41) is 2.58. The lowest BCUT2D eigenvalue weighted by atomic mass is 10.3. The molecule has 0 spiro atoms. The lowest BCUT2D eigenvalue weighted by Gasteiger charge is -2.06. The van der Waals surface area contributed by atoms with E-state index in [4.69, 9.17) is 9.47 Å². The molecule has 2 rings (SSSR count). The number of ether oxygens (including phenoxy) is 4. The van der Waals surface area contributed by atoms with Crippen LogP contribution in [0.5, 0.6) is 11.5 Å².